The number of ether oxygens (including phenoxy) is 1. The van der Waals surface area contributed by atoms with E-state index in [1.165, 1.54) is 0 Å². The summed E-state index contributed by atoms with van der Waals surface area (Å²) < 4.78 is 4.91. The third-order valence-corrected chi connectivity index (χ3v) is 2.58. The Morgan fingerprint density at radius 1 is 1.42 bits per heavy atom. The largest absolute Gasteiger partial charge is 0.462 e. The predicted molar refractivity (Wildman–Crippen MR) is 74.0 cm³/mol. The number of likely N-dealkylation sites (N-methyl/N-ethyl adjacent to an activating group) is 1. The Labute approximate surface area is 112 Å². The van der Waals surface area contributed by atoms with Crippen molar-refractivity contribution < 1.29 is 14.3 Å². The van der Waals surface area contributed by atoms with Crippen LogP contribution in [0.3, 0.4) is 0 Å². The molecule has 0 spiro atoms. The van der Waals surface area contributed by atoms with Crippen LogP contribution in [0.15, 0.2) is 18.2 Å². The van der Waals surface area contributed by atoms with Crippen LogP contribution in [0.2, 0.25) is 0 Å². The van der Waals surface area contributed by atoms with Gasteiger partial charge in [0.25, 0.3) is 0 Å². The molecule has 1 aromatic carbocycles. The summed E-state index contributed by atoms with van der Waals surface area (Å²) in [6.45, 7) is 3.75. The molecule has 4 N–H and O–H groups in total. The molecule has 1 aromatic rings. The number of hydrogen-bond donors (Lipinski definition) is 3. The fourth-order valence-electron chi connectivity index (χ4n) is 1.54. The van der Waals surface area contributed by atoms with Crippen molar-refractivity contribution in [3.05, 3.63) is 23.8 Å². The Balaban J connectivity index is 2.91. The molecule has 0 bridgehead atoms. The summed E-state index contributed by atoms with van der Waals surface area (Å²) in [6, 6.07) is 4.31. The van der Waals surface area contributed by atoms with Crippen LogP contribution in [0.1, 0.15) is 24.2 Å². The minimum absolute atomic E-state index is 0.166. The van der Waals surface area contributed by atoms with Crippen molar-refractivity contribution in [3.63, 3.8) is 0 Å². The number of hydrogen-bond acceptors (Lipinski definition) is 5. The lowest BCUT2D eigenvalue weighted by atomic mass is 10.1. The summed E-state index contributed by atoms with van der Waals surface area (Å²) in [5.41, 5.74) is 7.19. The van der Waals surface area contributed by atoms with Crippen molar-refractivity contribution in [1.82, 2.24) is 5.32 Å². The standard InChI is InChI=1S/C13H19N3O3/c1-4-19-13(18)9-5-6-10(14)11(7-9)16-8(2)12(17)15-3/h5-8,16H,4,14H2,1-3H3,(H,15,17). The number of rotatable bonds is 5. The van der Waals surface area contributed by atoms with Crippen molar-refractivity contribution in [1.29, 1.82) is 0 Å². The SMILES string of the molecule is CCOC(=O)c1ccc(N)c(NC(C)C(=O)NC)c1. The molecule has 0 aliphatic rings. The zero-order valence-corrected chi connectivity index (χ0v) is 11.3. The van der Waals surface area contributed by atoms with Crippen LogP contribution in [0, 0.1) is 0 Å². The third-order valence-electron chi connectivity index (χ3n) is 2.58. The van der Waals surface area contributed by atoms with Crippen molar-refractivity contribution in [2.24, 2.45) is 0 Å². The lowest BCUT2D eigenvalue weighted by Gasteiger charge is -2.16. The van der Waals surface area contributed by atoms with Crippen LogP contribution >= 0.6 is 0 Å². The molecule has 0 aromatic heterocycles. The van der Waals surface area contributed by atoms with Crippen molar-refractivity contribution in [3.8, 4) is 0 Å². The monoisotopic (exact) mass is 265 g/mol. The second-order valence-electron chi connectivity index (χ2n) is 4.00. The van der Waals surface area contributed by atoms with Gasteiger partial charge < -0.3 is 21.1 Å². The average molecular weight is 265 g/mol. The molecule has 6 heteroatoms. The van der Waals surface area contributed by atoms with Gasteiger partial charge in [0.1, 0.15) is 6.04 Å². The summed E-state index contributed by atoms with van der Waals surface area (Å²) in [5, 5.41) is 5.48. The maximum absolute atomic E-state index is 11.6. The van der Waals surface area contributed by atoms with Gasteiger partial charge in [-0.2, -0.15) is 0 Å². The van der Waals surface area contributed by atoms with E-state index in [9.17, 15) is 9.59 Å². The molecule has 0 saturated heterocycles. The summed E-state index contributed by atoms with van der Waals surface area (Å²) in [6.07, 6.45) is 0. The van der Waals surface area contributed by atoms with Gasteiger partial charge in [0.2, 0.25) is 5.91 Å². The van der Waals surface area contributed by atoms with Gasteiger partial charge in [-0.25, -0.2) is 4.79 Å². The lowest BCUT2D eigenvalue weighted by Crippen LogP contribution is -2.35. The van der Waals surface area contributed by atoms with Crippen molar-refractivity contribution in [2.75, 3.05) is 24.7 Å². The van der Waals surface area contributed by atoms with Gasteiger partial charge in [0.15, 0.2) is 0 Å². The van der Waals surface area contributed by atoms with E-state index >= 15 is 0 Å². The first-order valence-electron chi connectivity index (χ1n) is 6.04. The number of nitrogens with one attached hydrogen (secondary N) is 2. The normalized spacial score (nSPS) is 11.5. The number of carbonyl (C=O) groups excluding carboxylic acids is 2. The molecule has 1 amide bonds. The predicted octanol–water partition coefficient (Wildman–Crippen LogP) is 0.992. The van der Waals surface area contributed by atoms with Crippen LogP contribution in [-0.2, 0) is 9.53 Å². The van der Waals surface area contributed by atoms with Crippen molar-refractivity contribution in [2.45, 2.75) is 19.9 Å². The fourth-order valence-corrected chi connectivity index (χ4v) is 1.54. The van der Waals surface area contributed by atoms with Crippen LogP contribution in [0.5, 0.6) is 0 Å². The van der Waals surface area contributed by atoms with Gasteiger partial charge in [-0.1, -0.05) is 0 Å². The molecular weight excluding hydrogens is 246 g/mol. The second-order valence-corrected chi connectivity index (χ2v) is 4.00. The zero-order valence-electron chi connectivity index (χ0n) is 11.3. The Kier molecular flexibility index (Phi) is 5.17. The molecule has 1 atom stereocenters. The molecule has 0 radical (unpaired) electrons. The molecule has 0 aliphatic heterocycles. The Hall–Kier alpha value is -2.24. The maximum atomic E-state index is 11.6. The molecule has 0 saturated carbocycles. The highest BCUT2D eigenvalue weighted by Gasteiger charge is 2.14. The van der Waals surface area contributed by atoms with E-state index in [4.69, 9.17) is 10.5 Å². The average Bonchev–Trinajstić information content (AvgIpc) is 2.40. The minimum atomic E-state index is -0.454. The first-order valence-corrected chi connectivity index (χ1v) is 6.04. The van der Waals surface area contributed by atoms with Gasteiger partial charge in [0.05, 0.1) is 23.5 Å². The van der Waals surface area contributed by atoms with Crippen molar-refractivity contribution >= 4 is 23.3 Å². The highest BCUT2D eigenvalue weighted by molar-refractivity contribution is 5.93. The Morgan fingerprint density at radius 3 is 2.68 bits per heavy atom. The topological polar surface area (TPSA) is 93.4 Å². The number of esters is 1. The van der Waals surface area contributed by atoms with Crippen LogP contribution in [0.25, 0.3) is 0 Å². The van der Waals surface area contributed by atoms with Gasteiger partial charge in [-0.15, -0.1) is 0 Å². The second kappa shape index (κ2) is 6.63. The molecular formula is C13H19N3O3. The molecule has 1 unspecified atom stereocenters. The Morgan fingerprint density at radius 2 is 2.11 bits per heavy atom. The van der Waals surface area contributed by atoms with Crippen LogP contribution < -0.4 is 16.4 Å². The van der Waals surface area contributed by atoms with E-state index in [1.54, 1.807) is 39.1 Å². The van der Waals surface area contributed by atoms with Crippen LogP contribution in [0.4, 0.5) is 11.4 Å². The number of nitrogens with two attached hydrogens (primary N) is 1. The summed E-state index contributed by atoms with van der Waals surface area (Å²) in [5.74, 6) is -0.584. The lowest BCUT2D eigenvalue weighted by molar-refractivity contribution is -0.121. The maximum Gasteiger partial charge on any atom is 0.338 e. The number of benzene rings is 1. The van der Waals surface area contributed by atoms with Crippen LogP contribution in [-0.4, -0.2) is 31.6 Å². The molecule has 0 heterocycles. The van der Waals surface area contributed by atoms with E-state index in [0.29, 0.717) is 23.5 Å². The van der Waals surface area contributed by atoms with Gasteiger partial charge >= 0.3 is 5.97 Å². The first-order chi connectivity index (χ1) is 8.99. The molecule has 0 fully saturated rings. The molecule has 104 valence electrons. The Bertz CT molecular complexity index is 474. The smallest absolute Gasteiger partial charge is 0.338 e. The number of anilines is 2. The molecule has 1 rings (SSSR count). The highest BCUT2D eigenvalue weighted by Crippen LogP contribution is 2.21. The van der Waals surface area contributed by atoms with Gasteiger partial charge in [0, 0.05) is 7.05 Å². The number of amides is 1. The van der Waals surface area contributed by atoms with E-state index in [2.05, 4.69) is 10.6 Å². The fraction of sp³-hybridized carbons (Fsp3) is 0.385. The molecule has 6 nitrogen and oxygen atoms in total. The van der Waals surface area contributed by atoms with Gasteiger partial charge in [-0.3, -0.25) is 4.79 Å². The number of carbonyl (C=O) groups is 2. The van der Waals surface area contributed by atoms with E-state index in [0.717, 1.165) is 0 Å². The number of nitrogen functional groups attached to an aromatic ring is 1. The quantitative estimate of drug-likeness (QED) is 0.545. The first kappa shape index (κ1) is 14.8. The molecule has 0 aliphatic carbocycles. The van der Waals surface area contributed by atoms with E-state index < -0.39 is 12.0 Å². The minimum Gasteiger partial charge on any atom is -0.462 e. The van der Waals surface area contributed by atoms with Gasteiger partial charge in [-0.05, 0) is 32.0 Å². The third kappa shape index (κ3) is 3.87. The zero-order chi connectivity index (χ0) is 14.4. The van der Waals surface area contributed by atoms with E-state index in [1.807, 2.05) is 0 Å². The van der Waals surface area contributed by atoms with E-state index in [-0.39, 0.29) is 5.91 Å². The molecule has 19 heavy (non-hydrogen) atoms. The summed E-state index contributed by atoms with van der Waals surface area (Å²) in [4.78, 5) is 23.1. The summed E-state index contributed by atoms with van der Waals surface area (Å²) in [7, 11) is 1.55. The highest BCUT2D eigenvalue weighted by atomic mass is 16.5. The summed E-state index contributed by atoms with van der Waals surface area (Å²) >= 11 is 0.